The molecule has 34 heavy (non-hydrogen) atoms. The quantitative estimate of drug-likeness (QED) is 0.139. The first-order chi connectivity index (χ1) is 16.2. The van der Waals surface area contributed by atoms with Crippen molar-refractivity contribution in [3.8, 4) is 11.5 Å². The summed E-state index contributed by atoms with van der Waals surface area (Å²) in [6.07, 6.45) is -0.849. The number of halogens is 5. The topological polar surface area (TPSA) is 84.9 Å². The molecule has 0 radical (unpaired) electrons. The highest BCUT2D eigenvalue weighted by molar-refractivity contribution is 6.55. The second-order valence-corrected chi connectivity index (χ2v) is 8.84. The van der Waals surface area contributed by atoms with Gasteiger partial charge in [-0.05, 0) is 23.3 Å². The van der Waals surface area contributed by atoms with E-state index in [1.54, 1.807) is 36.4 Å². The predicted molar refractivity (Wildman–Crippen MR) is 132 cm³/mol. The fraction of sp³-hybridized carbons (Fsp3) is 0.130. The Morgan fingerprint density at radius 1 is 0.794 bits per heavy atom. The summed E-state index contributed by atoms with van der Waals surface area (Å²) in [5, 5.41) is 11.2. The van der Waals surface area contributed by atoms with Gasteiger partial charge in [0.05, 0.1) is 15.1 Å². The number of hydrogen-bond donors (Lipinski definition) is 2. The SMILES string of the molecule is O=C(NC(Cc1ccc(O)cc1)C(=O)Oc1c(Cl)c(Cl)c(Cl)c(Cl)c1Cl)OCc1ccccc1. The number of nitrogens with one attached hydrogen (secondary N) is 1. The van der Waals surface area contributed by atoms with Crippen molar-refractivity contribution in [3.05, 3.63) is 90.8 Å². The molecule has 0 bridgehead atoms. The van der Waals surface area contributed by atoms with Crippen LogP contribution in [0.5, 0.6) is 11.5 Å². The van der Waals surface area contributed by atoms with Gasteiger partial charge in [-0.15, -0.1) is 0 Å². The van der Waals surface area contributed by atoms with Crippen LogP contribution in [0.3, 0.4) is 0 Å². The summed E-state index contributed by atoms with van der Waals surface area (Å²) >= 11 is 30.3. The van der Waals surface area contributed by atoms with Gasteiger partial charge in [-0.3, -0.25) is 0 Å². The molecule has 6 nitrogen and oxygen atoms in total. The zero-order chi connectivity index (χ0) is 24.8. The maximum Gasteiger partial charge on any atom is 0.408 e. The van der Waals surface area contributed by atoms with Crippen molar-refractivity contribution in [2.24, 2.45) is 0 Å². The van der Waals surface area contributed by atoms with Crippen molar-refractivity contribution in [1.82, 2.24) is 5.32 Å². The van der Waals surface area contributed by atoms with Gasteiger partial charge in [-0.2, -0.15) is 0 Å². The van der Waals surface area contributed by atoms with Crippen LogP contribution in [0.25, 0.3) is 0 Å². The van der Waals surface area contributed by atoms with E-state index in [4.69, 9.17) is 67.5 Å². The van der Waals surface area contributed by atoms with E-state index in [9.17, 15) is 14.7 Å². The standard InChI is InChI=1S/C23H16Cl5NO5/c24-16-17(25)19(27)21(20(28)18(16)26)34-22(31)15(10-12-6-8-14(30)9-7-12)29-23(32)33-11-13-4-2-1-3-5-13/h1-9,15,30H,10-11H2,(H,29,32). The maximum absolute atomic E-state index is 13.0. The Balaban J connectivity index is 1.80. The first-order valence-corrected chi connectivity index (χ1v) is 11.5. The van der Waals surface area contributed by atoms with Gasteiger partial charge in [0.15, 0.2) is 5.75 Å². The first kappa shape index (κ1) is 26.3. The molecular weight excluding hydrogens is 548 g/mol. The third-order valence-electron chi connectivity index (χ3n) is 4.54. The van der Waals surface area contributed by atoms with Crippen molar-refractivity contribution in [1.29, 1.82) is 0 Å². The van der Waals surface area contributed by atoms with Crippen LogP contribution < -0.4 is 10.1 Å². The molecule has 0 fully saturated rings. The largest absolute Gasteiger partial charge is 0.508 e. The van der Waals surface area contributed by atoms with Crippen molar-refractivity contribution in [2.45, 2.75) is 19.1 Å². The summed E-state index contributed by atoms with van der Waals surface area (Å²) in [6, 6.07) is 13.9. The Morgan fingerprint density at radius 3 is 1.94 bits per heavy atom. The molecule has 0 aromatic heterocycles. The van der Waals surface area contributed by atoms with E-state index in [0.717, 1.165) is 5.56 Å². The lowest BCUT2D eigenvalue weighted by Crippen LogP contribution is -2.44. The summed E-state index contributed by atoms with van der Waals surface area (Å²) in [4.78, 5) is 25.4. The molecule has 3 aromatic carbocycles. The average molecular weight is 564 g/mol. The molecule has 0 saturated carbocycles. The van der Waals surface area contributed by atoms with Crippen LogP contribution >= 0.6 is 58.0 Å². The van der Waals surface area contributed by atoms with Gasteiger partial charge in [-0.1, -0.05) is 100 Å². The molecule has 0 spiro atoms. The van der Waals surface area contributed by atoms with Crippen molar-refractivity contribution < 1.29 is 24.2 Å². The molecule has 0 aliphatic rings. The van der Waals surface area contributed by atoms with Crippen LogP contribution in [0.1, 0.15) is 11.1 Å². The van der Waals surface area contributed by atoms with Gasteiger partial charge < -0.3 is 19.9 Å². The maximum atomic E-state index is 13.0. The molecule has 0 aliphatic carbocycles. The number of carbonyl (C=O) groups excluding carboxylic acids is 2. The number of hydrogen-bond acceptors (Lipinski definition) is 5. The summed E-state index contributed by atoms with van der Waals surface area (Å²) in [5.74, 6) is -1.17. The van der Waals surface area contributed by atoms with E-state index in [2.05, 4.69) is 5.32 Å². The van der Waals surface area contributed by atoms with Crippen LogP contribution in [-0.4, -0.2) is 23.2 Å². The van der Waals surface area contributed by atoms with Gasteiger partial charge in [0.2, 0.25) is 0 Å². The number of rotatable bonds is 7. The minimum atomic E-state index is -1.21. The zero-order valence-corrected chi connectivity index (χ0v) is 20.9. The molecule has 1 amide bonds. The Hall–Kier alpha value is -2.35. The summed E-state index contributed by atoms with van der Waals surface area (Å²) in [5.41, 5.74) is 1.38. The molecule has 1 unspecified atom stereocenters. The van der Waals surface area contributed by atoms with Crippen LogP contribution in [-0.2, 0) is 22.6 Å². The van der Waals surface area contributed by atoms with Crippen molar-refractivity contribution in [2.75, 3.05) is 0 Å². The molecule has 2 N–H and O–H groups in total. The number of benzene rings is 3. The van der Waals surface area contributed by atoms with Crippen LogP contribution in [0.4, 0.5) is 4.79 Å². The molecule has 1 atom stereocenters. The fourth-order valence-corrected chi connectivity index (χ4v) is 4.01. The number of phenols is 1. The Kier molecular flexibility index (Phi) is 9.17. The average Bonchev–Trinajstić information content (AvgIpc) is 2.84. The molecular formula is C23H16Cl5NO5. The molecule has 0 heterocycles. The Morgan fingerprint density at radius 2 is 1.35 bits per heavy atom. The summed E-state index contributed by atoms with van der Waals surface area (Å²) in [6.45, 7) is -0.00624. The van der Waals surface area contributed by atoms with Crippen LogP contribution in [0.15, 0.2) is 54.6 Å². The molecule has 0 aliphatic heterocycles. The van der Waals surface area contributed by atoms with Crippen molar-refractivity contribution >= 4 is 70.1 Å². The highest BCUT2D eigenvalue weighted by Crippen LogP contribution is 2.48. The smallest absolute Gasteiger partial charge is 0.408 e. The highest BCUT2D eigenvalue weighted by Gasteiger charge is 2.28. The number of amides is 1. The molecule has 3 aromatic rings. The molecule has 3 rings (SSSR count). The third kappa shape index (κ3) is 6.62. The lowest BCUT2D eigenvalue weighted by molar-refractivity contribution is -0.136. The summed E-state index contributed by atoms with van der Waals surface area (Å²) < 4.78 is 10.6. The monoisotopic (exact) mass is 561 g/mol. The molecule has 178 valence electrons. The number of carbonyl (C=O) groups is 2. The number of aromatic hydroxyl groups is 1. The Labute approximate surface area is 220 Å². The van der Waals surface area contributed by atoms with Gasteiger partial charge in [0.1, 0.15) is 28.4 Å². The van der Waals surface area contributed by atoms with Crippen LogP contribution in [0.2, 0.25) is 25.1 Å². The number of alkyl carbamates (subject to hydrolysis) is 1. The van der Waals surface area contributed by atoms with E-state index >= 15 is 0 Å². The van der Waals surface area contributed by atoms with E-state index in [1.807, 2.05) is 6.07 Å². The van der Waals surface area contributed by atoms with Gasteiger partial charge in [0.25, 0.3) is 0 Å². The first-order valence-electron chi connectivity index (χ1n) is 9.65. The van der Waals surface area contributed by atoms with E-state index in [1.165, 1.54) is 12.1 Å². The second-order valence-electron chi connectivity index (χ2n) is 6.95. The Bertz CT molecular complexity index is 1160. The van der Waals surface area contributed by atoms with E-state index in [-0.39, 0.29) is 49.6 Å². The number of esters is 1. The minimum Gasteiger partial charge on any atom is -0.508 e. The lowest BCUT2D eigenvalue weighted by atomic mass is 10.1. The fourth-order valence-electron chi connectivity index (χ4n) is 2.81. The van der Waals surface area contributed by atoms with E-state index in [0.29, 0.717) is 5.56 Å². The normalized spacial score (nSPS) is 11.6. The number of ether oxygens (including phenoxy) is 2. The number of phenolic OH excluding ortho intramolecular Hbond substituents is 1. The van der Waals surface area contributed by atoms with Gasteiger partial charge >= 0.3 is 12.1 Å². The van der Waals surface area contributed by atoms with Crippen LogP contribution in [0, 0.1) is 0 Å². The second kappa shape index (κ2) is 11.9. The molecule has 11 heteroatoms. The van der Waals surface area contributed by atoms with Crippen molar-refractivity contribution in [3.63, 3.8) is 0 Å². The van der Waals surface area contributed by atoms with E-state index < -0.39 is 18.1 Å². The zero-order valence-electron chi connectivity index (χ0n) is 17.2. The van der Waals surface area contributed by atoms with Gasteiger partial charge in [0, 0.05) is 6.42 Å². The highest BCUT2D eigenvalue weighted by atomic mass is 35.5. The molecule has 0 saturated heterocycles. The predicted octanol–water partition coefficient (Wildman–Crippen LogP) is 7.10. The third-order valence-corrected chi connectivity index (χ3v) is 6.78. The summed E-state index contributed by atoms with van der Waals surface area (Å²) in [7, 11) is 0. The van der Waals surface area contributed by atoms with Gasteiger partial charge in [-0.25, -0.2) is 9.59 Å². The lowest BCUT2D eigenvalue weighted by Gasteiger charge is -2.19. The minimum absolute atomic E-state index is 0.00381.